The van der Waals surface area contributed by atoms with Gasteiger partial charge in [-0.2, -0.15) is 13.2 Å². The van der Waals surface area contributed by atoms with Gasteiger partial charge in [0, 0.05) is 17.5 Å². The Labute approximate surface area is 108 Å². The first-order chi connectivity index (χ1) is 8.86. The van der Waals surface area contributed by atoms with Gasteiger partial charge in [0.1, 0.15) is 10.6 Å². The number of thiophene rings is 1. The number of carboxylic acids is 1. The molecular formula is C10H5F3N2O3S. The summed E-state index contributed by atoms with van der Waals surface area (Å²) >= 11 is 0.932. The number of halogens is 3. The molecule has 0 aliphatic carbocycles. The van der Waals surface area contributed by atoms with E-state index < -0.39 is 17.8 Å². The highest BCUT2D eigenvalue weighted by molar-refractivity contribution is 7.12. The van der Waals surface area contributed by atoms with Crippen LogP contribution in [0.3, 0.4) is 0 Å². The van der Waals surface area contributed by atoms with E-state index in [2.05, 4.69) is 10.2 Å². The molecular weight excluding hydrogens is 285 g/mol. The second kappa shape index (κ2) is 4.84. The Balaban J connectivity index is 2.13. The van der Waals surface area contributed by atoms with Crippen LogP contribution < -0.4 is 4.74 Å². The summed E-state index contributed by atoms with van der Waals surface area (Å²) in [6.45, 7) is 0. The van der Waals surface area contributed by atoms with Gasteiger partial charge in [-0.1, -0.05) is 0 Å². The number of alkyl halides is 3. The number of carbonyl (C=O) groups is 1. The zero-order valence-electron chi connectivity index (χ0n) is 9.01. The Morgan fingerprint density at radius 2 is 2.05 bits per heavy atom. The molecule has 1 N–H and O–H groups in total. The van der Waals surface area contributed by atoms with Gasteiger partial charge in [-0.3, -0.25) is 0 Å². The van der Waals surface area contributed by atoms with Gasteiger partial charge in [0.15, 0.2) is 5.69 Å². The van der Waals surface area contributed by atoms with E-state index in [0.717, 1.165) is 23.5 Å². The molecule has 0 fully saturated rings. The van der Waals surface area contributed by atoms with Crippen LogP contribution in [0.1, 0.15) is 15.4 Å². The maximum absolute atomic E-state index is 12.2. The second-order valence-corrected chi connectivity index (χ2v) is 4.22. The molecule has 100 valence electrons. The molecule has 0 aliphatic heterocycles. The fraction of sp³-hybridized carbons (Fsp3) is 0.100. The van der Waals surface area contributed by atoms with Gasteiger partial charge in [-0.15, -0.1) is 21.5 Å². The highest BCUT2D eigenvalue weighted by Crippen LogP contribution is 2.29. The normalized spacial score (nSPS) is 11.3. The van der Waals surface area contributed by atoms with E-state index in [1.54, 1.807) is 0 Å². The van der Waals surface area contributed by atoms with E-state index in [1.807, 2.05) is 0 Å². The average Bonchev–Trinajstić information content (AvgIpc) is 2.77. The van der Waals surface area contributed by atoms with Crippen LogP contribution in [-0.2, 0) is 6.18 Å². The SMILES string of the molecule is O=C(O)c1cc(Oc2ccc(C(F)(F)F)nn2)cs1. The molecule has 5 nitrogen and oxygen atoms in total. The van der Waals surface area contributed by atoms with Crippen molar-refractivity contribution in [3.05, 3.63) is 34.2 Å². The number of aromatic carboxylic acids is 1. The average molecular weight is 290 g/mol. The summed E-state index contributed by atoms with van der Waals surface area (Å²) in [6.07, 6.45) is -4.57. The van der Waals surface area contributed by atoms with Gasteiger partial charge in [0.25, 0.3) is 0 Å². The van der Waals surface area contributed by atoms with E-state index in [9.17, 15) is 18.0 Å². The highest BCUT2D eigenvalue weighted by atomic mass is 32.1. The first kappa shape index (κ1) is 13.3. The van der Waals surface area contributed by atoms with Crippen molar-refractivity contribution < 1.29 is 27.8 Å². The van der Waals surface area contributed by atoms with Crippen LogP contribution in [0.5, 0.6) is 11.6 Å². The molecule has 2 rings (SSSR count). The molecule has 0 saturated carbocycles. The third kappa shape index (κ3) is 3.19. The highest BCUT2D eigenvalue weighted by Gasteiger charge is 2.33. The lowest BCUT2D eigenvalue weighted by molar-refractivity contribution is -0.141. The largest absolute Gasteiger partial charge is 0.477 e. The third-order valence-electron chi connectivity index (χ3n) is 1.94. The molecule has 0 amide bonds. The first-order valence-electron chi connectivity index (χ1n) is 4.77. The number of hydrogen-bond donors (Lipinski definition) is 1. The van der Waals surface area contributed by atoms with Gasteiger partial charge < -0.3 is 9.84 Å². The van der Waals surface area contributed by atoms with E-state index in [1.165, 1.54) is 11.4 Å². The fourth-order valence-corrected chi connectivity index (χ4v) is 1.78. The number of ether oxygens (including phenoxy) is 1. The predicted octanol–water partition coefficient (Wildman–Crippen LogP) is 3.05. The zero-order valence-corrected chi connectivity index (χ0v) is 9.83. The zero-order chi connectivity index (χ0) is 14.0. The van der Waals surface area contributed by atoms with Crippen molar-refractivity contribution in [2.75, 3.05) is 0 Å². The predicted molar refractivity (Wildman–Crippen MR) is 58.4 cm³/mol. The molecule has 0 aliphatic rings. The maximum Gasteiger partial charge on any atom is 0.435 e. The number of aromatic nitrogens is 2. The molecule has 0 saturated heterocycles. The van der Waals surface area contributed by atoms with Crippen LogP contribution in [0.4, 0.5) is 13.2 Å². The van der Waals surface area contributed by atoms with E-state index in [-0.39, 0.29) is 16.5 Å². The molecule has 0 bridgehead atoms. The Morgan fingerprint density at radius 1 is 1.32 bits per heavy atom. The van der Waals surface area contributed by atoms with E-state index >= 15 is 0 Å². The Kier molecular flexibility index (Phi) is 3.38. The summed E-state index contributed by atoms with van der Waals surface area (Å²) in [5.41, 5.74) is -1.13. The van der Waals surface area contributed by atoms with Crippen LogP contribution in [0.15, 0.2) is 23.6 Å². The molecule has 9 heteroatoms. The molecule has 0 unspecified atom stereocenters. The second-order valence-electron chi connectivity index (χ2n) is 3.31. The molecule has 0 aromatic carbocycles. The minimum atomic E-state index is -4.57. The van der Waals surface area contributed by atoms with Crippen molar-refractivity contribution in [2.24, 2.45) is 0 Å². The standard InChI is InChI=1S/C10H5F3N2O3S/c11-10(12,13)7-1-2-8(15-14-7)18-5-3-6(9(16)17)19-4-5/h1-4H,(H,16,17). The van der Waals surface area contributed by atoms with Crippen molar-refractivity contribution in [1.29, 1.82) is 0 Å². The quantitative estimate of drug-likeness (QED) is 0.940. The minimum absolute atomic E-state index is 0.0508. The number of hydrogen-bond acceptors (Lipinski definition) is 5. The molecule has 2 aromatic heterocycles. The molecule has 0 spiro atoms. The van der Waals surface area contributed by atoms with Crippen molar-refractivity contribution in [3.8, 4) is 11.6 Å². The smallest absolute Gasteiger partial charge is 0.435 e. The van der Waals surface area contributed by atoms with Crippen LogP contribution in [0, 0.1) is 0 Å². The molecule has 2 heterocycles. The molecule has 2 aromatic rings. The Hall–Kier alpha value is -2.16. The molecule has 0 radical (unpaired) electrons. The Bertz CT molecular complexity index is 595. The van der Waals surface area contributed by atoms with Crippen LogP contribution >= 0.6 is 11.3 Å². The maximum atomic E-state index is 12.2. The Morgan fingerprint density at radius 3 is 2.53 bits per heavy atom. The summed E-state index contributed by atoms with van der Waals surface area (Å²) in [5, 5.41) is 16.3. The van der Waals surface area contributed by atoms with Gasteiger partial charge in [-0.25, -0.2) is 4.79 Å². The van der Waals surface area contributed by atoms with Crippen LogP contribution in [-0.4, -0.2) is 21.3 Å². The van der Waals surface area contributed by atoms with Crippen molar-refractivity contribution in [1.82, 2.24) is 10.2 Å². The monoisotopic (exact) mass is 290 g/mol. The lowest BCUT2D eigenvalue weighted by atomic mass is 10.4. The summed E-state index contributed by atoms with van der Waals surface area (Å²) < 4.78 is 41.8. The van der Waals surface area contributed by atoms with Crippen molar-refractivity contribution >= 4 is 17.3 Å². The summed E-state index contributed by atoms with van der Waals surface area (Å²) in [7, 11) is 0. The van der Waals surface area contributed by atoms with E-state index in [4.69, 9.17) is 9.84 Å². The van der Waals surface area contributed by atoms with Gasteiger partial charge in [0.05, 0.1) is 0 Å². The lowest BCUT2D eigenvalue weighted by Gasteiger charge is -2.05. The summed E-state index contributed by atoms with van der Waals surface area (Å²) in [4.78, 5) is 10.7. The third-order valence-corrected chi connectivity index (χ3v) is 2.84. The van der Waals surface area contributed by atoms with Gasteiger partial charge in [0.2, 0.25) is 5.88 Å². The number of carboxylic acid groups (broad SMARTS) is 1. The molecule has 19 heavy (non-hydrogen) atoms. The lowest BCUT2D eigenvalue weighted by Crippen LogP contribution is -2.08. The fourth-order valence-electron chi connectivity index (χ4n) is 1.13. The number of nitrogens with zero attached hydrogens (tertiary/aromatic N) is 2. The topological polar surface area (TPSA) is 72.3 Å². The van der Waals surface area contributed by atoms with E-state index in [0.29, 0.717) is 0 Å². The summed E-state index contributed by atoms with van der Waals surface area (Å²) in [5.74, 6) is -1.09. The minimum Gasteiger partial charge on any atom is -0.477 e. The molecule has 0 atom stereocenters. The number of rotatable bonds is 3. The van der Waals surface area contributed by atoms with Gasteiger partial charge in [-0.05, 0) is 6.07 Å². The summed E-state index contributed by atoms with van der Waals surface area (Å²) in [6, 6.07) is 2.98. The first-order valence-corrected chi connectivity index (χ1v) is 5.65. The van der Waals surface area contributed by atoms with Crippen LogP contribution in [0.25, 0.3) is 0 Å². The van der Waals surface area contributed by atoms with Crippen LogP contribution in [0.2, 0.25) is 0 Å². The van der Waals surface area contributed by atoms with Crippen molar-refractivity contribution in [2.45, 2.75) is 6.18 Å². The van der Waals surface area contributed by atoms with Crippen molar-refractivity contribution in [3.63, 3.8) is 0 Å². The van der Waals surface area contributed by atoms with Gasteiger partial charge >= 0.3 is 12.1 Å².